The van der Waals surface area contributed by atoms with Crippen molar-refractivity contribution in [3.8, 4) is 5.75 Å². The average Bonchev–Trinajstić information content (AvgIpc) is 2.08. The predicted octanol–water partition coefficient (Wildman–Crippen LogP) is 0.779. The number of aromatic hydroxyl groups is 1. The number of phenols is 1. The van der Waals surface area contributed by atoms with Gasteiger partial charge in [-0.25, -0.2) is 5.48 Å². The molecule has 1 rings (SSSR count). The van der Waals surface area contributed by atoms with E-state index in [1.54, 1.807) is 0 Å². The lowest BCUT2D eigenvalue weighted by Gasteiger charge is -2.01. The Hall–Kier alpha value is -1.66. The molecule has 1 aromatic rings. The van der Waals surface area contributed by atoms with E-state index < -0.39 is 4.92 Å². The standard InChI is InChI=1S/C7H8N2O4/c10-7-2-1-6(9(12)13)3-5(7)4-8-11/h1-3,8,10-11H,4H2. The van der Waals surface area contributed by atoms with Gasteiger partial charge in [0, 0.05) is 24.2 Å². The van der Waals surface area contributed by atoms with Crippen LogP contribution < -0.4 is 5.48 Å². The number of hydrogen-bond acceptors (Lipinski definition) is 5. The van der Waals surface area contributed by atoms with Gasteiger partial charge in [-0.1, -0.05) is 0 Å². The number of hydroxylamine groups is 1. The predicted molar refractivity (Wildman–Crippen MR) is 43.4 cm³/mol. The molecule has 6 nitrogen and oxygen atoms in total. The summed E-state index contributed by atoms with van der Waals surface area (Å²) in [7, 11) is 0. The Kier molecular flexibility index (Phi) is 2.78. The second-order valence-corrected chi connectivity index (χ2v) is 2.41. The maximum absolute atomic E-state index is 10.3. The number of phenolic OH excluding ortho intramolecular Hbond substituents is 1. The quantitative estimate of drug-likeness (QED) is 0.476. The van der Waals surface area contributed by atoms with E-state index in [2.05, 4.69) is 0 Å². The van der Waals surface area contributed by atoms with Crippen molar-refractivity contribution in [1.82, 2.24) is 5.48 Å². The Labute approximate surface area is 73.5 Å². The van der Waals surface area contributed by atoms with Crippen LogP contribution in [0.5, 0.6) is 5.75 Å². The largest absolute Gasteiger partial charge is 0.508 e. The molecule has 70 valence electrons. The average molecular weight is 184 g/mol. The third kappa shape index (κ3) is 2.14. The van der Waals surface area contributed by atoms with Crippen LogP contribution in [0.2, 0.25) is 0 Å². The lowest BCUT2D eigenvalue weighted by atomic mass is 10.2. The van der Waals surface area contributed by atoms with Crippen LogP contribution in [0.15, 0.2) is 18.2 Å². The van der Waals surface area contributed by atoms with Crippen molar-refractivity contribution in [2.24, 2.45) is 0 Å². The van der Waals surface area contributed by atoms with Crippen molar-refractivity contribution in [3.05, 3.63) is 33.9 Å². The van der Waals surface area contributed by atoms with Crippen molar-refractivity contribution in [1.29, 1.82) is 0 Å². The van der Waals surface area contributed by atoms with E-state index in [-0.39, 0.29) is 23.5 Å². The van der Waals surface area contributed by atoms with Crippen LogP contribution in [0.1, 0.15) is 5.56 Å². The van der Waals surface area contributed by atoms with Crippen molar-refractivity contribution < 1.29 is 15.2 Å². The topological polar surface area (TPSA) is 95.6 Å². The molecule has 3 N–H and O–H groups in total. The highest BCUT2D eigenvalue weighted by atomic mass is 16.6. The van der Waals surface area contributed by atoms with E-state index >= 15 is 0 Å². The van der Waals surface area contributed by atoms with Gasteiger partial charge in [-0.2, -0.15) is 0 Å². The number of nitrogens with zero attached hydrogens (tertiary/aromatic N) is 1. The van der Waals surface area contributed by atoms with Crippen LogP contribution in [0.25, 0.3) is 0 Å². The Bertz CT molecular complexity index is 326. The van der Waals surface area contributed by atoms with Gasteiger partial charge in [0.05, 0.1) is 4.92 Å². The van der Waals surface area contributed by atoms with Crippen LogP contribution in [0.3, 0.4) is 0 Å². The molecule has 0 aliphatic carbocycles. The van der Waals surface area contributed by atoms with Gasteiger partial charge in [-0.15, -0.1) is 0 Å². The highest BCUT2D eigenvalue weighted by molar-refractivity contribution is 5.42. The Morgan fingerprint density at radius 2 is 2.23 bits per heavy atom. The zero-order chi connectivity index (χ0) is 9.84. The summed E-state index contributed by atoms with van der Waals surface area (Å²) in [5.74, 6) is -0.0906. The van der Waals surface area contributed by atoms with E-state index in [9.17, 15) is 15.2 Å². The van der Waals surface area contributed by atoms with E-state index in [1.807, 2.05) is 5.48 Å². The normalized spacial score (nSPS) is 9.92. The summed E-state index contributed by atoms with van der Waals surface area (Å²) in [4.78, 5) is 9.74. The summed E-state index contributed by atoms with van der Waals surface area (Å²) in [5, 5.41) is 27.8. The second-order valence-electron chi connectivity index (χ2n) is 2.41. The molecule has 0 unspecified atom stereocenters. The summed E-state index contributed by atoms with van der Waals surface area (Å²) >= 11 is 0. The smallest absolute Gasteiger partial charge is 0.270 e. The minimum Gasteiger partial charge on any atom is -0.508 e. The maximum atomic E-state index is 10.3. The minimum atomic E-state index is -0.569. The number of nitro groups is 1. The first-order valence-electron chi connectivity index (χ1n) is 3.48. The first kappa shape index (κ1) is 9.43. The van der Waals surface area contributed by atoms with Crippen LogP contribution in [-0.4, -0.2) is 15.2 Å². The fraction of sp³-hybridized carbons (Fsp3) is 0.143. The highest BCUT2D eigenvalue weighted by Crippen LogP contribution is 2.22. The molecule has 6 heteroatoms. The third-order valence-corrected chi connectivity index (χ3v) is 1.54. The SMILES string of the molecule is O=[N+]([O-])c1ccc(O)c(CNO)c1. The van der Waals surface area contributed by atoms with Crippen molar-refractivity contribution in [3.63, 3.8) is 0 Å². The molecule has 1 aromatic carbocycles. The number of nitro benzene ring substituents is 1. The number of hydrogen-bond donors (Lipinski definition) is 3. The molecule has 0 atom stereocenters. The number of rotatable bonds is 3. The minimum absolute atomic E-state index is 0.0342. The molecule has 0 bridgehead atoms. The zero-order valence-corrected chi connectivity index (χ0v) is 6.60. The summed E-state index contributed by atoms with van der Waals surface area (Å²) in [6.45, 7) is -0.0342. The fourth-order valence-electron chi connectivity index (χ4n) is 0.912. The van der Waals surface area contributed by atoms with E-state index in [1.165, 1.54) is 18.2 Å². The Morgan fingerprint density at radius 3 is 2.77 bits per heavy atom. The molecular formula is C7H8N2O4. The molecule has 0 saturated heterocycles. The lowest BCUT2D eigenvalue weighted by molar-refractivity contribution is -0.384. The molecule has 0 aromatic heterocycles. The molecule has 0 fully saturated rings. The molecule has 0 heterocycles. The van der Waals surface area contributed by atoms with Crippen LogP contribution in [-0.2, 0) is 6.54 Å². The molecular weight excluding hydrogens is 176 g/mol. The molecule has 0 amide bonds. The highest BCUT2D eigenvalue weighted by Gasteiger charge is 2.09. The fourth-order valence-corrected chi connectivity index (χ4v) is 0.912. The van der Waals surface area contributed by atoms with Gasteiger partial charge in [-0.3, -0.25) is 10.1 Å². The summed E-state index contributed by atoms with van der Waals surface area (Å²) in [5.41, 5.74) is 1.96. The summed E-state index contributed by atoms with van der Waals surface area (Å²) < 4.78 is 0. The molecule has 13 heavy (non-hydrogen) atoms. The van der Waals surface area contributed by atoms with Gasteiger partial charge in [0.1, 0.15) is 5.75 Å². The molecule has 0 aliphatic heterocycles. The first-order valence-corrected chi connectivity index (χ1v) is 3.48. The Morgan fingerprint density at radius 1 is 1.54 bits per heavy atom. The summed E-state index contributed by atoms with van der Waals surface area (Å²) in [6.07, 6.45) is 0. The monoisotopic (exact) mass is 184 g/mol. The van der Waals surface area contributed by atoms with E-state index in [4.69, 9.17) is 5.21 Å². The first-order chi connectivity index (χ1) is 6.15. The van der Waals surface area contributed by atoms with Gasteiger partial charge in [0.15, 0.2) is 0 Å². The number of benzene rings is 1. The zero-order valence-electron chi connectivity index (χ0n) is 6.60. The maximum Gasteiger partial charge on any atom is 0.270 e. The molecule has 0 saturated carbocycles. The lowest BCUT2D eigenvalue weighted by Crippen LogP contribution is -2.06. The second kappa shape index (κ2) is 3.83. The molecule has 0 spiro atoms. The summed E-state index contributed by atoms with van der Waals surface area (Å²) in [6, 6.07) is 3.60. The van der Waals surface area contributed by atoms with Crippen molar-refractivity contribution in [2.75, 3.05) is 0 Å². The van der Waals surface area contributed by atoms with Gasteiger partial charge >= 0.3 is 0 Å². The van der Waals surface area contributed by atoms with Gasteiger partial charge < -0.3 is 10.3 Å². The van der Waals surface area contributed by atoms with Crippen molar-refractivity contribution in [2.45, 2.75) is 6.54 Å². The molecule has 0 aliphatic rings. The number of nitrogens with one attached hydrogen (secondary N) is 1. The van der Waals surface area contributed by atoms with E-state index in [0.29, 0.717) is 0 Å². The van der Waals surface area contributed by atoms with Crippen LogP contribution in [0, 0.1) is 10.1 Å². The van der Waals surface area contributed by atoms with Gasteiger partial charge in [0.25, 0.3) is 5.69 Å². The van der Waals surface area contributed by atoms with Gasteiger partial charge in [-0.05, 0) is 6.07 Å². The molecule has 0 radical (unpaired) electrons. The number of non-ortho nitro benzene ring substituents is 1. The van der Waals surface area contributed by atoms with Crippen LogP contribution in [0.4, 0.5) is 5.69 Å². The van der Waals surface area contributed by atoms with Gasteiger partial charge in [0.2, 0.25) is 0 Å². The van der Waals surface area contributed by atoms with E-state index in [0.717, 1.165) is 0 Å². The van der Waals surface area contributed by atoms with Crippen molar-refractivity contribution >= 4 is 5.69 Å². The van der Waals surface area contributed by atoms with Crippen LogP contribution >= 0.6 is 0 Å². The third-order valence-electron chi connectivity index (χ3n) is 1.54. The Balaban J connectivity index is 3.03.